The van der Waals surface area contributed by atoms with Crippen LogP contribution in [0.15, 0.2) is 0 Å². The molecule has 0 fully saturated rings. The monoisotopic (exact) mass is 448 g/mol. The Balaban J connectivity index is 0. The Morgan fingerprint density at radius 3 is 1.50 bits per heavy atom. The first-order chi connectivity index (χ1) is 13.4. The van der Waals surface area contributed by atoms with Crippen molar-refractivity contribution in [3.63, 3.8) is 0 Å². The van der Waals surface area contributed by atoms with Crippen LogP contribution >= 0.6 is 17.2 Å². The van der Waals surface area contributed by atoms with E-state index in [1.165, 1.54) is 70.6 Å². The minimum atomic E-state index is -2.61. The summed E-state index contributed by atoms with van der Waals surface area (Å²) in [7, 11) is -5.22. The van der Waals surface area contributed by atoms with E-state index < -0.39 is 17.2 Å². The highest BCUT2D eigenvalue weighted by molar-refractivity contribution is 7.53. The van der Waals surface area contributed by atoms with Gasteiger partial charge in [0.15, 0.2) is 0 Å². The summed E-state index contributed by atoms with van der Waals surface area (Å²) in [5, 5.41) is 18.2. The predicted octanol–water partition coefficient (Wildman–Crippen LogP) is 3.87. The number of ether oxygens (including phenoxy) is 1. The fourth-order valence-corrected chi connectivity index (χ4v) is 3.18. The number of aliphatic hydroxyl groups excluding tert-OH is 2. The Bertz CT molecular complexity index is 280. The lowest BCUT2D eigenvalue weighted by Gasteiger charge is -2.10. The van der Waals surface area contributed by atoms with Gasteiger partial charge in [-0.2, -0.15) is 0 Å². The molecule has 28 heavy (non-hydrogen) atoms. The van der Waals surface area contributed by atoms with Crippen molar-refractivity contribution < 1.29 is 38.8 Å². The van der Waals surface area contributed by atoms with Crippen LogP contribution < -0.4 is 0 Å². The number of unbranched alkanes of at least 4 members (excludes halogenated alkanes) is 11. The molecule has 0 aromatic heterocycles. The van der Waals surface area contributed by atoms with Crippen LogP contribution in [0.1, 0.15) is 90.4 Å². The number of hydrogen-bond donors (Lipinski definition) is 6. The first kappa shape index (κ1) is 30.7. The van der Waals surface area contributed by atoms with E-state index in [1.54, 1.807) is 0 Å². The van der Waals surface area contributed by atoms with Gasteiger partial charge in [-0.3, -0.25) is 0 Å². The lowest BCUT2D eigenvalue weighted by molar-refractivity contribution is 0.0170. The Kier molecular flexibility index (Phi) is 28.1. The first-order valence-corrected chi connectivity index (χ1v) is 12.7. The van der Waals surface area contributed by atoms with Gasteiger partial charge in [-0.25, -0.2) is 4.31 Å². The summed E-state index contributed by atoms with van der Waals surface area (Å²) in [4.78, 5) is 31.3. The summed E-state index contributed by atoms with van der Waals surface area (Å²) in [6.45, 7) is 2.99. The molecule has 1 unspecified atom stereocenters. The van der Waals surface area contributed by atoms with E-state index >= 15 is 0 Å². The molecule has 0 heterocycles. The van der Waals surface area contributed by atoms with Gasteiger partial charge in [0.1, 0.15) is 0 Å². The van der Waals surface area contributed by atoms with Crippen molar-refractivity contribution in [1.29, 1.82) is 0 Å². The Labute approximate surface area is 172 Å². The van der Waals surface area contributed by atoms with Crippen molar-refractivity contribution in [1.82, 2.24) is 0 Å². The maximum absolute atomic E-state index is 9.63. The highest BCUT2D eigenvalue weighted by Gasteiger charge is 2.06. The van der Waals surface area contributed by atoms with E-state index in [0.29, 0.717) is 13.2 Å². The lowest BCUT2D eigenvalue weighted by Crippen LogP contribution is -2.16. The summed E-state index contributed by atoms with van der Waals surface area (Å²) < 4.78 is 8.70. The van der Waals surface area contributed by atoms with Gasteiger partial charge in [0.05, 0.1) is 25.9 Å². The van der Waals surface area contributed by atoms with E-state index in [-0.39, 0.29) is 12.7 Å². The van der Waals surface area contributed by atoms with Crippen molar-refractivity contribution >= 4 is 17.2 Å². The van der Waals surface area contributed by atoms with Crippen LogP contribution in [0.3, 0.4) is 0 Å². The van der Waals surface area contributed by atoms with Crippen molar-refractivity contribution in [2.24, 2.45) is 0 Å². The maximum atomic E-state index is 9.63. The third kappa shape index (κ3) is 31.2. The molecule has 0 aliphatic heterocycles. The Morgan fingerprint density at radius 1 is 0.714 bits per heavy atom. The van der Waals surface area contributed by atoms with Gasteiger partial charge in [0.25, 0.3) is 0 Å². The molecule has 0 saturated heterocycles. The molecule has 0 aromatic rings. The number of hydrogen-bond acceptors (Lipinski definition) is 8. The summed E-state index contributed by atoms with van der Waals surface area (Å²) in [5.74, 6) is 0. The van der Waals surface area contributed by atoms with Crippen molar-refractivity contribution in [2.75, 3.05) is 19.8 Å². The molecule has 172 valence electrons. The molecule has 6 N–H and O–H groups in total. The molecule has 0 rings (SSSR count). The quantitative estimate of drug-likeness (QED) is 0.129. The Morgan fingerprint density at radius 2 is 1.14 bits per heavy atom. The molecule has 0 spiro atoms. The number of rotatable bonds is 19. The largest absolute Gasteiger partial charge is 0.394 e. The zero-order valence-electron chi connectivity index (χ0n) is 17.3. The Hall–Kier alpha value is 0.540. The van der Waals surface area contributed by atoms with Crippen molar-refractivity contribution in [2.45, 2.75) is 96.5 Å². The average molecular weight is 448 g/mol. The maximum Gasteiger partial charge on any atom is 0.334 e. The molecule has 0 aromatic carbocycles. The zero-order chi connectivity index (χ0) is 21.5. The van der Waals surface area contributed by atoms with Gasteiger partial charge in [0, 0.05) is 0 Å². The average Bonchev–Trinajstić information content (AvgIpc) is 2.62. The molecule has 0 saturated carbocycles. The summed E-state index contributed by atoms with van der Waals surface area (Å²) in [5.41, 5.74) is 0. The van der Waals surface area contributed by atoms with Crippen LogP contribution in [-0.2, 0) is 9.05 Å². The second-order valence-electron chi connectivity index (χ2n) is 6.72. The molecular weight excluding hydrogens is 406 g/mol. The van der Waals surface area contributed by atoms with Crippen LogP contribution in [0.4, 0.5) is 0 Å². The van der Waals surface area contributed by atoms with Crippen LogP contribution in [0.2, 0.25) is 0 Å². The summed E-state index contributed by atoms with van der Waals surface area (Å²) >= 11 is 0. The molecule has 0 aliphatic carbocycles. The van der Waals surface area contributed by atoms with E-state index in [0.717, 1.165) is 12.8 Å². The van der Waals surface area contributed by atoms with Gasteiger partial charge >= 0.3 is 17.2 Å². The van der Waals surface area contributed by atoms with E-state index in [1.807, 2.05) is 0 Å². The highest BCUT2D eigenvalue weighted by atomic mass is 31.2. The second kappa shape index (κ2) is 25.6. The molecule has 10 heteroatoms. The van der Waals surface area contributed by atoms with E-state index in [9.17, 15) is 5.11 Å². The smallest absolute Gasteiger partial charge is 0.334 e. The third-order valence-electron chi connectivity index (χ3n) is 4.08. The third-order valence-corrected chi connectivity index (χ3v) is 5.25. The normalized spacial score (nSPS) is 12.3. The zero-order valence-corrected chi connectivity index (χ0v) is 19.1. The highest BCUT2D eigenvalue weighted by Crippen LogP contribution is 2.41. The fourth-order valence-electron chi connectivity index (χ4n) is 2.65. The van der Waals surface area contributed by atoms with Gasteiger partial charge in [-0.15, -0.1) is 0 Å². The SMILES string of the molecule is CCCCCCCCCCCCCCC(O)COCCO.OP(O)OP(O)O. The van der Waals surface area contributed by atoms with Gasteiger partial charge in [0.2, 0.25) is 0 Å². The van der Waals surface area contributed by atoms with E-state index in [4.69, 9.17) is 29.4 Å². The molecule has 0 aliphatic rings. The molecule has 0 bridgehead atoms. The van der Waals surface area contributed by atoms with Crippen LogP contribution in [0, 0.1) is 0 Å². The standard InChI is InChI=1S/C18H38O3.H4O5P2/c1-2-3-4-5-6-7-8-9-10-11-12-13-14-18(20)17-21-16-15-19;1-6(2)5-7(3)4/h18-20H,2-17H2,1H3;1-4H. The van der Waals surface area contributed by atoms with Crippen molar-refractivity contribution in [3.8, 4) is 0 Å². The summed E-state index contributed by atoms with van der Waals surface area (Å²) in [6, 6.07) is 0. The van der Waals surface area contributed by atoms with Crippen LogP contribution in [-0.4, -0.2) is 55.7 Å². The van der Waals surface area contributed by atoms with Gasteiger partial charge in [-0.05, 0) is 6.42 Å². The minimum absolute atomic E-state index is 0.0331. The number of aliphatic hydroxyl groups is 2. The molecule has 0 amide bonds. The lowest BCUT2D eigenvalue weighted by atomic mass is 10.0. The predicted molar refractivity (Wildman–Crippen MR) is 113 cm³/mol. The van der Waals surface area contributed by atoms with Gasteiger partial charge < -0.3 is 34.5 Å². The van der Waals surface area contributed by atoms with Crippen LogP contribution in [0.25, 0.3) is 0 Å². The van der Waals surface area contributed by atoms with Crippen LogP contribution in [0.5, 0.6) is 0 Å². The molecule has 1 atom stereocenters. The second-order valence-corrected chi connectivity index (χ2v) is 8.38. The molecule has 8 nitrogen and oxygen atoms in total. The van der Waals surface area contributed by atoms with E-state index in [2.05, 4.69) is 11.2 Å². The topological polar surface area (TPSA) is 140 Å². The summed E-state index contributed by atoms with van der Waals surface area (Å²) in [6.07, 6.45) is 16.6. The molecular formula is C18H42O8P2. The van der Waals surface area contributed by atoms with Gasteiger partial charge in [-0.1, -0.05) is 84.0 Å². The molecule has 0 radical (unpaired) electrons. The fraction of sp³-hybridized carbons (Fsp3) is 1.00. The minimum Gasteiger partial charge on any atom is -0.394 e. The van der Waals surface area contributed by atoms with Crippen molar-refractivity contribution in [3.05, 3.63) is 0 Å². The first-order valence-electron chi connectivity index (χ1n) is 10.3.